The van der Waals surface area contributed by atoms with Crippen molar-refractivity contribution in [2.45, 2.75) is 13.8 Å². The molecule has 0 unspecified atom stereocenters. The number of nitrogens with two attached hydrogens (primary N) is 1. The molecule has 0 aliphatic carbocycles. The summed E-state index contributed by atoms with van der Waals surface area (Å²) in [5, 5.41) is 14.3. The van der Waals surface area contributed by atoms with Crippen molar-refractivity contribution in [1.82, 2.24) is 20.6 Å². The number of carbonyl (C=O) groups is 2. The molecule has 1 aromatic heterocycles. The fourth-order valence-corrected chi connectivity index (χ4v) is 1.54. The largest absolute Gasteiger partial charge is 0.450 e. The van der Waals surface area contributed by atoms with E-state index in [1.165, 1.54) is 0 Å². The number of amides is 2. The molecule has 0 aromatic carbocycles. The number of aromatic nitrogens is 2. The maximum absolute atomic E-state index is 11.9. The molecule has 11 heteroatoms. The van der Waals surface area contributed by atoms with Crippen LogP contribution >= 0.6 is 11.6 Å². The van der Waals surface area contributed by atoms with E-state index in [2.05, 4.69) is 25.3 Å². The zero-order valence-electron chi connectivity index (χ0n) is 12.0. The molecular weight excluding hydrogens is 314 g/mol. The van der Waals surface area contributed by atoms with Gasteiger partial charge < -0.3 is 15.8 Å². The molecule has 0 saturated carbocycles. The number of guanidine groups is 1. The van der Waals surface area contributed by atoms with Crippen LogP contribution in [0, 0.1) is 5.41 Å². The number of rotatable bonds is 4. The van der Waals surface area contributed by atoms with Gasteiger partial charge in [-0.25, -0.2) is 14.8 Å². The summed E-state index contributed by atoms with van der Waals surface area (Å²) < 4.78 is 4.56. The summed E-state index contributed by atoms with van der Waals surface area (Å²) in [6, 6.07) is 0. The Balaban J connectivity index is 2.79. The number of nitrogens with zero attached hydrogens (tertiary/aromatic N) is 2. The van der Waals surface area contributed by atoms with Crippen molar-refractivity contribution in [3.05, 3.63) is 10.8 Å². The third-order valence-corrected chi connectivity index (χ3v) is 2.44. The summed E-state index contributed by atoms with van der Waals surface area (Å²) in [5.74, 6) is -1.34. The summed E-state index contributed by atoms with van der Waals surface area (Å²) in [6.45, 7) is 4.11. The molecule has 22 heavy (non-hydrogen) atoms. The van der Waals surface area contributed by atoms with Gasteiger partial charge in [-0.05, 0) is 13.8 Å². The van der Waals surface area contributed by atoms with Crippen molar-refractivity contribution in [2.75, 3.05) is 24.2 Å². The zero-order chi connectivity index (χ0) is 16.7. The molecule has 1 aromatic rings. The molecule has 0 aliphatic heterocycles. The fourth-order valence-electron chi connectivity index (χ4n) is 1.35. The lowest BCUT2D eigenvalue weighted by Crippen LogP contribution is -2.43. The minimum absolute atomic E-state index is 0.0360. The van der Waals surface area contributed by atoms with Crippen molar-refractivity contribution >= 4 is 41.2 Å². The first-order chi connectivity index (χ1) is 10.4. The van der Waals surface area contributed by atoms with E-state index in [-0.39, 0.29) is 29.1 Å². The summed E-state index contributed by atoms with van der Waals surface area (Å²) in [4.78, 5) is 30.8. The summed E-state index contributed by atoms with van der Waals surface area (Å²) in [7, 11) is 0. The zero-order valence-corrected chi connectivity index (χ0v) is 12.7. The Labute approximate surface area is 131 Å². The lowest BCUT2D eigenvalue weighted by Gasteiger charge is -2.10. The molecule has 0 bridgehead atoms. The van der Waals surface area contributed by atoms with Crippen LogP contribution in [0.3, 0.4) is 0 Å². The third-order valence-electron chi connectivity index (χ3n) is 2.18. The highest BCUT2D eigenvalue weighted by Crippen LogP contribution is 2.20. The van der Waals surface area contributed by atoms with E-state index in [1.807, 2.05) is 12.2 Å². The summed E-state index contributed by atoms with van der Waals surface area (Å²) in [5.41, 5.74) is 5.37. The molecule has 10 nitrogen and oxygen atoms in total. The predicted molar refractivity (Wildman–Crippen MR) is 81.0 cm³/mol. The van der Waals surface area contributed by atoms with Gasteiger partial charge in [-0.3, -0.25) is 20.8 Å². The van der Waals surface area contributed by atoms with Gasteiger partial charge in [0.15, 0.2) is 22.5 Å². The summed E-state index contributed by atoms with van der Waals surface area (Å²) >= 11 is 5.87. The number of alkyl carbamates (subject to hydrolysis) is 1. The lowest BCUT2D eigenvalue weighted by atomic mass is 10.4. The highest BCUT2D eigenvalue weighted by atomic mass is 35.5. The molecule has 0 saturated heterocycles. The molecule has 6 N–H and O–H groups in total. The molecule has 0 fully saturated rings. The number of hydrogen-bond donors (Lipinski definition) is 5. The molecular formula is C11H16ClN7O3. The second-order valence-electron chi connectivity index (χ2n) is 3.80. The van der Waals surface area contributed by atoms with Gasteiger partial charge in [0.1, 0.15) is 0 Å². The number of anilines is 2. The van der Waals surface area contributed by atoms with Crippen LogP contribution in [-0.4, -0.2) is 41.1 Å². The molecule has 1 heterocycles. The Morgan fingerprint density at radius 1 is 1.32 bits per heavy atom. The predicted octanol–water partition coefficient (Wildman–Crippen LogP) is 0.555. The van der Waals surface area contributed by atoms with Gasteiger partial charge >= 0.3 is 6.09 Å². The normalized spacial score (nSPS) is 9.77. The maximum atomic E-state index is 11.9. The second-order valence-corrected chi connectivity index (χ2v) is 4.16. The van der Waals surface area contributed by atoms with Crippen LogP contribution in [0.5, 0.6) is 0 Å². The van der Waals surface area contributed by atoms with E-state index in [1.54, 1.807) is 6.92 Å². The van der Waals surface area contributed by atoms with Crippen molar-refractivity contribution in [1.29, 1.82) is 5.41 Å². The Kier molecular flexibility index (Phi) is 6.32. The monoisotopic (exact) mass is 329 g/mol. The van der Waals surface area contributed by atoms with E-state index in [0.29, 0.717) is 6.54 Å². The van der Waals surface area contributed by atoms with E-state index >= 15 is 0 Å². The number of nitrogen functional groups attached to an aromatic ring is 1. The van der Waals surface area contributed by atoms with Crippen molar-refractivity contribution in [3.63, 3.8) is 0 Å². The van der Waals surface area contributed by atoms with Gasteiger partial charge in [0.05, 0.1) is 6.61 Å². The number of nitrogens with one attached hydrogen (secondary N) is 4. The van der Waals surface area contributed by atoms with Gasteiger partial charge in [-0.15, -0.1) is 0 Å². The second kappa shape index (κ2) is 7.98. The van der Waals surface area contributed by atoms with Crippen LogP contribution in [0.2, 0.25) is 5.15 Å². The minimum atomic E-state index is -0.868. The first-order valence-electron chi connectivity index (χ1n) is 6.29. The minimum Gasteiger partial charge on any atom is -0.450 e. The molecule has 2 amide bonds. The van der Waals surface area contributed by atoms with E-state index in [4.69, 9.17) is 22.7 Å². The van der Waals surface area contributed by atoms with Crippen LogP contribution < -0.4 is 21.7 Å². The van der Waals surface area contributed by atoms with Crippen LogP contribution in [0.1, 0.15) is 24.3 Å². The van der Waals surface area contributed by atoms with Gasteiger partial charge in [-0.2, -0.15) is 0 Å². The van der Waals surface area contributed by atoms with Gasteiger partial charge in [0.25, 0.3) is 5.91 Å². The standard InChI is InChI=1S/C11H16ClN7O3/c1-3-15-8-6(12)16-5(7(13)17-8)9(20)18-10(14)19-11(21)22-4-2/h3-4H2,1-2H3,(H3,13,15,17)(H3,14,18,19,20,21). The third kappa shape index (κ3) is 4.74. The Morgan fingerprint density at radius 2 is 2.00 bits per heavy atom. The van der Waals surface area contributed by atoms with Gasteiger partial charge in [-0.1, -0.05) is 11.6 Å². The highest BCUT2D eigenvalue weighted by molar-refractivity contribution is 6.32. The smallest absolute Gasteiger partial charge is 0.413 e. The number of carbonyl (C=O) groups excluding carboxylic acids is 2. The lowest BCUT2D eigenvalue weighted by molar-refractivity contribution is 0.0971. The van der Waals surface area contributed by atoms with Gasteiger partial charge in [0, 0.05) is 6.54 Å². The number of halogens is 1. The quantitative estimate of drug-likeness (QED) is 0.399. The number of hydrogen-bond acceptors (Lipinski definition) is 8. The topological polar surface area (TPSA) is 155 Å². The van der Waals surface area contributed by atoms with Crippen LogP contribution in [0.25, 0.3) is 0 Å². The van der Waals surface area contributed by atoms with Crippen LogP contribution in [-0.2, 0) is 4.74 Å². The molecule has 120 valence electrons. The SMILES string of the molecule is CCNc1nc(N)c(C(=O)NC(=N)NC(=O)OCC)nc1Cl. The molecule has 0 radical (unpaired) electrons. The molecule has 0 atom stereocenters. The van der Waals surface area contributed by atoms with Crippen molar-refractivity contribution in [3.8, 4) is 0 Å². The first kappa shape index (κ1) is 17.4. The van der Waals surface area contributed by atoms with Gasteiger partial charge in [0.2, 0.25) is 5.96 Å². The van der Waals surface area contributed by atoms with E-state index in [9.17, 15) is 9.59 Å². The molecule has 1 rings (SSSR count). The highest BCUT2D eigenvalue weighted by Gasteiger charge is 2.18. The average Bonchev–Trinajstić information content (AvgIpc) is 2.42. The average molecular weight is 330 g/mol. The number of ether oxygens (including phenoxy) is 1. The van der Waals surface area contributed by atoms with E-state index < -0.39 is 18.0 Å². The molecule has 0 aliphatic rings. The fraction of sp³-hybridized carbons (Fsp3) is 0.364. The van der Waals surface area contributed by atoms with Crippen molar-refractivity contribution < 1.29 is 14.3 Å². The first-order valence-corrected chi connectivity index (χ1v) is 6.67. The van der Waals surface area contributed by atoms with Crippen LogP contribution in [0.15, 0.2) is 0 Å². The Hall–Kier alpha value is -2.62. The van der Waals surface area contributed by atoms with E-state index in [0.717, 1.165) is 0 Å². The molecule has 0 spiro atoms. The van der Waals surface area contributed by atoms with Crippen LogP contribution in [0.4, 0.5) is 16.4 Å². The Morgan fingerprint density at radius 3 is 2.59 bits per heavy atom. The summed E-state index contributed by atoms with van der Waals surface area (Å²) in [6.07, 6.45) is -0.868. The van der Waals surface area contributed by atoms with Crippen molar-refractivity contribution in [2.24, 2.45) is 0 Å². The Bertz CT molecular complexity index is 593. The maximum Gasteiger partial charge on any atom is 0.413 e.